The van der Waals surface area contributed by atoms with Gasteiger partial charge in [-0.25, -0.2) is 4.98 Å². The largest absolute Gasteiger partial charge is 0.416 e. The van der Waals surface area contributed by atoms with E-state index in [0.717, 1.165) is 23.8 Å². The zero-order chi connectivity index (χ0) is 17.3. The predicted octanol–water partition coefficient (Wildman–Crippen LogP) is 4.12. The molecule has 1 heterocycles. The summed E-state index contributed by atoms with van der Waals surface area (Å²) in [5.74, 6) is 0.128. The Bertz CT molecular complexity index is 920. The maximum absolute atomic E-state index is 12.8. The molecule has 0 spiro atoms. The zero-order valence-corrected chi connectivity index (χ0v) is 12.7. The minimum atomic E-state index is -4.48. The van der Waals surface area contributed by atoms with Crippen LogP contribution in [0.2, 0.25) is 0 Å². The second kappa shape index (κ2) is 5.99. The average Bonchev–Trinajstić information content (AvgIpc) is 2.54. The van der Waals surface area contributed by atoms with Crippen LogP contribution in [0.4, 0.5) is 19.1 Å². The molecule has 1 atom stereocenters. The lowest BCUT2D eigenvalue weighted by atomic mass is 10.1. The van der Waals surface area contributed by atoms with Crippen molar-refractivity contribution in [1.29, 1.82) is 0 Å². The number of anilines is 1. The molecule has 1 aromatic heterocycles. The molecule has 0 aliphatic carbocycles. The van der Waals surface area contributed by atoms with E-state index in [9.17, 15) is 18.0 Å². The topological polar surface area (TPSA) is 57.8 Å². The summed E-state index contributed by atoms with van der Waals surface area (Å²) < 4.78 is 38.5. The van der Waals surface area contributed by atoms with Gasteiger partial charge in [0.05, 0.1) is 22.5 Å². The summed E-state index contributed by atoms with van der Waals surface area (Å²) in [7, 11) is 0. The van der Waals surface area contributed by atoms with Crippen LogP contribution in [-0.4, -0.2) is 9.97 Å². The van der Waals surface area contributed by atoms with E-state index >= 15 is 0 Å². The highest BCUT2D eigenvalue weighted by Gasteiger charge is 2.30. The summed E-state index contributed by atoms with van der Waals surface area (Å²) in [5.41, 5.74) is -0.368. The van der Waals surface area contributed by atoms with Gasteiger partial charge in [0.15, 0.2) is 0 Å². The number of halogens is 3. The summed E-state index contributed by atoms with van der Waals surface area (Å²) in [5, 5.41) is 3.11. The SMILES string of the molecule is CC(Nc1nc2cc(C(F)(F)F)ccc2c(=O)[nH]1)c1ccccc1. The molecule has 2 N–H and O–H groups in total. The predicted molar refractivity (Wildman–Crippen MR) is 85.8 cm³/mol. The van der Waals surface area contributed by atoms with Gasteiger partial charge in [-0.3, -0.25) is 9.78 Å². The monoisotopic (exact) mass is 333 g/mol. The van der Waals surface area contributed by atoms with E-state index in [1.54, 1.807) is 0 Å². The van der Waals surface area contributed by atoms with E-state index < -0.39 is 17.3 Å². The molecule has 0 bridgehead atoms. The third-order valence-corrected chi connectivity index (χ3v) is 3.69. The Morgan fingerprint density at radius 3 is 2.50 bits per heavy atom. The van der Waals surface area contributed by atoms with Gasteiger partial charge in [-0.15, -0.1) is 0 Å². The molecule has 7 heteroatoms. The molecule has 1 unspecified atom stereocenters. The van der Waals surface area contributed by atoms with Crippen molar-refractivity contribution < 1.29 is 13.2 Å². The van der Waals surface area contributed by atoms with Crippen LogP contribution in [0.3, 0.4) is 0 Å². The number of H-pyrrole nitrogens is 1. The Balaban J connectivity index is 1.98. The van der Waals surface area contributed by atoms with E-state index in [1.165, 1.54) is 0 Å². The quantitative estimate of drug-likeness (QED) is 0.758. The molecule has 4 nitrogen and oxygen atoms in total. The normalized spacial score (nSPS) is 13.0. The van der Waals surface area contributed by atoms with Crippen LogP contribution >= 0.6 is 0 Å². The average molecular weight is 333 g/mol. The number of nitrogens with zero attached hydrogens (tertiary/aromatic N) is 1. The van der Waals surface area contributed by atoms with Crippen molar-refractivity contribution in [3.63, 3.8) is 0 Å². The number of aromatic amines is 1. The molecule has 0 aliphatic rings. The molecule has 124 valence electrons. The highest BCUT2D eigenvalue weighted by atomic mass is 19.4. The number of hydrogen-bond donors (Lipinski definition) is 2. The fraction of sp³-hybridized carbons (Fsp3) is 0.176. The number of hydrogen-bond acceptors (Lipinski definition) is 3. The molecule has 0 fully saturated rings. The highest BCUT2D eigenvalue weighted by molar-refractivity contribution is 5.79. The third kappa shape index (κ3) is 3.24. The van der Waals surface area contributed by atoms with Crippen molar-refractivity contribution in [2.75, 3.05) is 5.32 Å². The van der Waals surface area contributed by atoms with E-state index in [4.69, 9.17) is 0 Å². The Hall–Kier alpha value is -2.83. The molecule has 0 saturated carbocycles. The van der Waals surface area contributed by atoms with Gasteiger partial charge in [0.1, 0.15) is 0 Å². The second-order valence-corrected chi connectivity index (χ2v) is 5.42. The molecular weight excluding hydrogens is 319 g/mol. The second-order valence-electron chi connectivity index (χ2n) is 5.42. The van der Waals surface area contributed by atoms with Crippen molar-refractivity contribution in [3.8, 4) is 0 Å². The highest BCUT2D eigenvalue weighted by Crippen LogP contribution is 2.30. The molecule has 3 rings (SSSR count). The van der Waals surface area contributed by atoms with E-state index in [2.05, 4.69) is 15.3 Å². The summed E-state index contributed by atoms with van der Waals surface area (Å²) >= 11 is 0. The van der Waals surface area contributed by atoms with Gasteiger partial charge in [0.25, 0.3) is 5.56 Å². The fourth-order valence-electron chi connectivity index (χ4n) is 2.41. The fourth-order valence-corrected chi connectivity index (χ4v) is 2.41. The molecular formula is C17H14F3N3O. The van der Waals surface area contributed by atoms with Crippen molar-refractivity contribution in [1.82, 2.24) is 9.97 Å². The van der Waals surface area contributed by atoms with Gasteiger partial charge in [0, 0.05) is 0 Å². The minimum absolute atomic E-state index is 0.00339. The first-order valence-corrected chi connectivity index (χ1v) is 7.27. The number of aromatic nitrogens is 2. The standard InChI is InChI=1S/C17H14F3N3O/c1-10(11-5-3-2-4-6-11)21-16-22-14-9-12(17(18,19)20)7-8-13(14)15(24)23-16/h2-10H,1H3,(H2,21,22,23,24). The number of alkyl halides is 3. The van der Waals surface area contributed by atoms with Crippen molar-refractivity contribution in [2.24, 2.45) is 0 Å². The maximum atomic E-state index is 12.8. The van der Waals surface area contributed by atoms with Gasteiger partial charge in [-0.2, -0.15) is 13.2 Å². The smallest absolute Gasteiger partial charge is 0.349 e. The lowest BCUT2D eigenvalue weighted by Crippen LogP contribution is -2.16. The zero-order valence-electron chi connectivity index (χ0n) is 12.7. The maximum Gasteiger partial charge on any atom is 0.416 e. The summed E-state index contributed by atoms with van der Waals surface area (Å²) in [4.78, 5) is 18.7. The van der Waals surface area contributed by atoms with Gasteiger partial charge in [-0.1, -0.05) is 30.3 Å². The summed E-state index contributed by atoms with van der Waals surface area (Å²) in [6.07, 6.45) is -4.48. The Labute approximate surface area is 135 Å². The van der Waals surface area contributed by atoms with E-state index in [1.807, 2.05) is 37.3 Å². The first-order chi connectivity index (χ1) is 11.3. The number of nitrogens with one attached hydrogen (secondary N) is 2. The number of fused-ring (bicyclic) bond motifs is 1. The Kier molecular flexibility index (Phi) is 4.01. The third-order valence-electron chi connectivity index (χ3n) is 3.69. The summed E-state index contributed by atoms with van der Waals surface area (Å²) in [6, 6.07) is 12.1. The molecule has 0 amide bonds. The van der Waals surface area contributed by atoms with Gasteiger partial charge < -0.3 is 5.32 Å². The first kappa shape index (κ1) is 16.0. The van der Waals surface area contributed by atoms with Gasteiger partial charge >= 0.3 is 6.18 Å². The first-order valence-electron chi connectivity index (χ1n) is 7.27. The van der Waals surface area contributed by atoms with E-state index in [0.29, 0.717) is 0 Å². The van der Waals surface area contributed by atoms with Crippen LogP contribution in [-0.2, 0) is 6.18 Å². The number of rotatable bonds is 3. The molecule has 3 aromatic rings. The van der Waals surface area contributed by atoms with Crippen molar-refractivity contribution in [3.05, 3.63) is 70.0 Å². The lowest BCUT2D eigenvalue weighted by molar-refractivity contribution is -0.137. The van der Waals surface area contributed by atoms with Crippen LogP contribution < -0.4 is 10.9 Å². The lowest BCUT2D eigenvalue weighted by Gasteiger charge is -2.15. The van der Waals surface area contributed by atoms with Crippen LogP contribution in [0.1, 0.15) is 24.1 Å². The Morgan fingerprint density at radius 1 is 1.12 bits per heavy atom. The van der Waals surface area contributed by atoms with Gasteiger partial charge in [0.2, 0.25) is 5.95 Å². The number of benzene rings is 2. The van der Waals surface area contributed by atoms with E-state index in [-0.39, 0.29) is 22.9 Å². The van der Waals surface area contributed by atoms with Gasteiger partial charge in [-0.05, 0) is 30.7 Å². The van der Waals surface area contributed by atoms with Crippen LogP contribution in [0.5, 0.6) is 0 Å². The van der Waals surface area contributed by atoms with Crippen LogP contribution in [0.25, 0.3) is 10.9 Å². The van der Waals surface area contributed by atoms with Crippen molar-refractivity contribution in [2.45, 2.75) is 19.1 Å². The van der Waals surface area contributed by atoms with Crippen LogP contribution in [0, 0.1) is 0 Å². The molecule has 2 aromatic carbocycles. The van der Waals surface area contributed by atoms with Crippen molar-refractivity contribution >= 4 is 16.9 Å². The molecule has 0 radical (unpaired) electrons. The Morgan fingerprint density at radius 2 is 1.83 bits per heavy atom. The minimum Gasteiger partial charge on any atom is -0.349 e. The molecule has 24 heavy (non-hydrogen) atoms. The molecule has 0 aliphatic heterocycles. The van der Waals surface area contributed by atoms with Crippen LogP contribution in [0.15, 0.2) is 53.3 Å². The summed E-state index contributed by atoms with van der Waals surface area (Å²) in [6.45, 7) is 1.87. The molecule has 0 saturated heterocycles.